The van der Waals surface area contributed by atoms with E-state index >= 15 is 0 Å². The van der Waals surface area contributed by atoms with Gasteiger partial charge in [-0.15, -0.1) is 0 Å². The van der Waals surface area contributed by atoms with Gasteiger partial charge in [0, 0.05) is 65.8 Å². The minimum atomic E-state index is -0.985. The Morgan fingerprint density at radius 1 is 0.725 bits per heavy atom. The highest BCUT2D eigenvalue weighted by Crippen LogP contribution is 2.30. The van der Waals surface area contributed by atoms with Gasteiger partial charge in [-0.2, -0.15) is 0 Å². The number of esters is 1. The van der Waals surface area contributed by atoms with Crippen LogP contribution in [0, 0.1) is 23.7 Å². The molecule has 0 bridgehead atoms. The standard InChI is InChI=1S/C60H90N8O12/c1-12-41(6)55(66(9)59(76)53(39(2)3)62-58(75)54(40(4)5)65(8)33-23-30-49(70)64-63-48(69)29-20-15-21-34-68-50(71)31-32-51(68)72)47(78-10)37-52(73)67-35-22-28-46(67)56(79-11)42(7)57(74)61-45(36-43-24-16-13-17-25-43)60(77)80-38-44-26-18-14-19-27-44/h13-14,16-19,24-27,31-32,39-42,45-47,53-56H,12,15,20-23,28-30,33-38H2,1-11H3,(H,61,74)(H,62,75)(H,63,69)(H,64,70)/t41?,42?,45?,46-,47?,53?,54?,55?,56?/m0/s1. The average Bonchev–Trinajstić information content (AvgIpc) is 4.06. The van der Waals surface area contributed by atoms with Gasteiger partial charge in [0.1, 0.15) is 18.7 Å². The van der Waals surface area contributed by atoms with Crippen molar-refractivity contribution in [1.29, 1.82) is 0 Å². The molecule has 0 saturated carbocycles. The van der Waals surface area contributed by atoms with Crippen molar-refractivity contribution in [2.45, 2.75) is 168 Å². The summed E-state index contributed by atoms with van der Waals surface area (Å²) in [6, 6.07) is 15.1. The molecule has 80 heavy (non-hydrogen) atoms. The van der Waals surface area contributed by atoms with E-state index in [4.69, 9.17) is 14.2 Å². The second-order valence-corrected chi connectivity index (χ2v) is 22.0. The highest BCUT2D eigenvalue weighted by atomic mass is 16.5. The van der Waals surface area contributed by atoms with E-state index in [-0.39, 0.29) is 92.0 Å². The summed E-state index contributed by atoms with van der Waals surface area (Å²) < 4.78 is 17.8. The molecule has 4 N–H and O–H groups in total. The van der Waals surface area contributed by atoms with Gasteiger partial charge in [0.15, 0.2) is 0 Å². The first-order valence-corrected chi connectivity index (χ1v) is 28.4. The first-order valence-electron chi connectivity index (χ1n) is 28.4. The smallest absolute Gasteiger partial charge is 0.329 e. The van der Waals surface area contributed by atoms with Crippen molar-refractivity contribution < 1.29 is 57.4 Å². The number of likely N-dealkylation sites (N-methyl/N-ethyl adjacent to an activating group) is 2. The summed E-state index contributed by atoms with van der Waals surface area (Å²) in [5, 5.41) is 5.99. The molecule has 20 heteroatoms. The Labute approximate surface area is 473 Å². The molecule has 8 unspecified atom stereocenters. The molecule has 4 rings (SSSR count). The van der Waals surface area contributed by atoms with Crippen molar-refractivity contribution in [2.24, 2.45) is 23.7 Å². The number of rotatable bonds is 33. The molecular weight excluding hydrogens is 1020 g/mol. The Morgan fingerprint density at radius 3 is 1.89 bits per heavy atom. The van der Waals surface area contributed by atoms with Gasteiger partial charge in [0.05, 0.1) is 42.7 Å². The fraction of sp³-hybridized carbons (Fsp3) is 0.617. The molecule has 0 spiro atoms. The van der Waals surface area contributed by atoms with Gasteiger partial charge in [0.25, 0.3) is 11.8 Å². The lowest BCUT2D eigenvalue weighted by Crippen LogP contribution is -2.60. The van der Waals surface area contributed by atoms with E-state index in [1.165, 1.54) is 26.4 Å². The molecule has 0 aliphatic carbocycles. The first kappa shape index (κ1) is 66.0. The summed E-state index contributed by atoms with van der Waals surface area (Å²) in [4.78, 5) is 126. The number of methoxy groups -OCH3 is 2. The first-order chi connectivity index (χ1) is 38.1. The van der Waals surface area contributed by atoms with Gasteiger partial charge < -0.3 is 34.6 Å². The second kappa shape index (κ2) is 33.3. The number of imide groups is 1. The highest BCUT2D eigenvalue weighted by Gasteiger charge is 2.44. The monoisotopic (exact) mass is 1110 g/mol. The predicted octanol–water partition coefficient (Wildman–Crippen LogP) is 4.89. The average molecular weight is 1120 g/mol. The number of hydrogen-bond acceptors (Lipinski definition) is 13. The van der Waals surface area contributed by atoms with Gasteiger partial charge in [-0.25, -0.2) is 4.79 Å². The summed E-state index contributed by atoms with van der Waals surface area (Å²) in [5.41, 5.74) is 6.52. The van der Waals surface area contributed by atoms with Gasteiger partial charge in [-0.3, -0.25) is 59.0 Å². The van der Waals surface area contributed by atoms with Crippen LogP contribution in [0.1, 0.15) is 124 Å². The molecule has 2 heterocycles. The molecule has 442 valence electrons. The van der Waals surface area contributed by atoms with Crippen molar-refractivity contribution in [3.63, 3.8) is 0 Å². The van der Waals surface area contributed by atoms with Crippen LogP contribution < -0.4 is 21.5 Å². The number of ether oxygens (including phenoxy) is 3. The summed E-state index contributed by atoms with van der Waals surface area (Å²) in [5.74, 6) is -4.73. The largest absolute Gasteiger partial charge is 0.459 e. The Morgan fingerprint density at radius 2 is 1.32 bits per heavy atom. The molecule has 0 aromatic heterocycles. The third-order valence-corrected chi connectivity index (χ3v) is 15.4. The van der Waals surface area contributed by atoms with E-state index in [0.29, 0.717) is 58.0 Å². The lowest BCUT2D eigenvalue weighted by Gasteiger charge is -2.41. The lowest BCUT2D eigenvalue weighted by molar-refractivity contribution is -0.151. The van der Waals surface area contributed by atoms with Crippen molar-refractivity contribution in [3.05, 3.63) is 83.9 Å². The van der Waals surface area contributed by atoms with Crippen LogP contribution in [0.3, 0.4) is 0 Å². The van der Waals surface area contributed by atoms with Crippen molar-refractivity contribution >= 4 is 53.2 Å². The number of nitrogens with one attached hydrogen (secondary N) is 4. The van der Waals surface area contributed by atoms with Crippen LogP contribution in [0.15, 0.2) is 72.8 Å². The molecule has 8 amide bonds. The zero-order valence-corrected chi connectivity index (χ0v) is 49.1. The Balaban J connectivity index is 1.35. The molecule has 20 nitrogen and oxygen atoms in total. The number of unbranched alkanes of at least 4 members (excludes halogenated alkanes) is 2. The number of hydrazine groups is 1. The number of likely N-dealkylation sites (tertiary alicyclic amines) is 1. The number of benzene rings is 2. The van der Waals surface area contributed by atoms with Crippen LogP contribution >= 0.6 is 0 Å². The van der Waals surface area contributed by atoms with Crippen LogP contribution in [-0.2, 0) is 70.4 Å². The molecule has 0 radical (unpaired) electrons. The van der Waals surface area contributed by atoms with E-state index in [1.807, 2.05) is 107 Å². The number of amides is 8. The van der Waals surface area contributed by atoms with Crippen LogP contribution in [-0.4, -0.2) is 163 Å². The van der Waals surface area contributed by atoms with Gasteiger partial charge >= 0.3 is 5.97 Å². The Hall–Kier alpha value is -6.51. The van der Waals surface area contributed by atoms with Crippen molar-refractivity contribution in [3.8, 4) is 0 Å². The topological polar surface area (TPSA) is 242 Å². The molecular formula is C60H90N8O12. The third kappa shape index (κ3) is 19.6. The second-order valence-electron chi connectivity index (χ2n) is 22.0. The summed E-state index contributed by atoms with van der Waals surface area (Å²) in [7, 11) is 6.51. The Kier molecular flexibility index (Phi) is 27.5. The number of carbonyl (C=O) groups is 9. The molecule has 1 saturated heterocycles. The van der Waals surface area contributed by atoms with Crippen LogP contribution in [0.4, 0.5) is 0 Å². The zero-order chi connectivity index (χ0) is 59.1. The van der Waals surface area contributed by atoms with Crippen molar-refractivity contribution in [1.82, 2.24) is 41.1 Å². The van der Waals surface area contributed by atoms with E-state index in [2.05, 4.69) is 21.5 Å². The normalized spacial score (nSPS) is 17.4. The highest BCUT2D eigenvalue weighted by molar-refractivity contribution is 6.12. The lowest BCUT2D eigenvalue weighted by atomic mass is 9.89. The summed E-state index contributed by atoms with van der Waals surface area (Å²) in [6.07, 6.45) is 5.36. The maximum absolute atomic E-state index is 14.7. The molecule has 9 atom stereocenters. The van der Waals surface area contributed by atoms with Crippen LogP contribution in [0.25, 0.3) is 0 Å². The predicted molar refractivity (Wildman–Crippen MR) is 302 cm³/mol. The van der Waals surface area contributed by atoms with E-state index in [0.717, 1.165) is 16.0 Å². The maximum atomic E-state index is 14.7. The number of hydrogen-bond donors (Lipinski definition) is 4. The molecule has 1 fully saturated rings. The van der Waals surface area contributed by atoms with Gasteiger partial charge in [-0.1, -0.05) is 122 Å². The summed E-state index contributed by atoms with van der Waals surface area (Å²) in [6.45, 7) is 14.4. The fourth-order valence-corrected chi connectivity index (χ4v) is 10.7. The van der Waals surface area contributed by atoms with E-state index in [9.17, 15) is 43.2 Å². The van der Waals surface area contributed by atoms with Crippen LogP contribution in [0.2, 0.25) is 0 Å². The van der Waals surface area contributed by atoms with Gasteiger partial charge in [0.2, 0.25) is 35.4 Å². The van der Waals surface area contributed by atoms with Crippen LogP contribution in [0.5, 0.6) is 0 Å². The SMILES string of the molecule is CCC(C)C(C(CC(=O)N1CCC[C@H]1C(OC)C(C)C(=O)NC(Cc1ccccc1)C(=O)OCc1ccccc1)OC)N(C)C(=O)C(NC(=O)C(C(C)C)N(C)CCCC(=O)NNC(=O)CCCCCN1C(=O)C=CC1=O)C(C)C. The van der Waals surface area contributed by atoms with E-state index in [1.54, 1.807) is 30.8 Å². The maximum Gasteiger partial charge on any atom is 0.329 e. The minimum Gasteiger partial charge on any atom is -0.459 e. The zero-order valence-electron chi connectivity index (χ0n) is 49.1. The fourth-order valence-electron chi connectivity index (χ4n) is 10.7. The van der Waals surface area contributed by atoms with Crippen molar-refractivity contribution in [2.75, 3.05) is 47.9 Å². The summed E-state index contributed by atoms with van der Waals surface area (Å²) >= 11 is 0. The number of carbonyl (C=O) groups excluding carboxylic acids is 9. The third-order valence-electron chi connectivity index (χ3n) is 15.4. The van der Waals surface area contributed by atoms with E-state index < -0.39 is 66.1 Å². The molecule has 2 aromatic rings. The Bertz CT molecular complexity index is 2370. The number of nitrogens with zero attached hydrogens (tertiary/aromatic N) is 4. The molecule has 2 aliphatic heterocycles. The molecule has 2 aliphatic rings. The minimum absolute atomic E-state index is 0.0474. The quantitative estimate of drug-likeness (QED) is 0.0323. The molecule has 2 aromatic carbocycles. The van der Waals surface area contributed by atoms with Gasteiger partial charge in [-0.05, 0) is 74.6 Å².